The van der Waals surface area contributed by atoms with Gasteiger partial charge in [0.1, 0.15) is 5.65 Å². The minimum atomic E-state index is -0.0272. The maximum atomic E-state index is 11.1. The van der Waals surface area contributed by atoms with Crippen molar-refractivity contribution in [2.45, 2.75) is 6.92 Å². The number of pyridine rings is 1. The van der Waals surface area contributed by atoms with Crippen LogP contribution in [0.15, 0.2) is 29.0 Å². The second-order valence-corrected chi connectivity index (χ2v) is 3.59. The summed E-state index contributed by atoms with van der Waals surface area (Å²) in [5.41, 5.74) is 0.696. The Hall–Kier alpha value is -1.16. The maximum absolute atomic E-state index is 11.1. The van der Waals surface area contributed by atoms with Gasteiger partial charge in [-0.1, -0.05) is 0 Å². The zero-order chi connectivity index (χ0) is 9.42. The summed E-state index contributed by atoms with van der Waals surface area (Å²) in [4.78, 5) is 15.3. The molecule has 0 unspecified atom stereocenters. The SMILES string of the molecule is CC(=O)n1ccc2c(Br)ccnc21. The second-order valence-electron chi connectivity index (χ2n) is 2.73. The molecule has 4 heteroatoms. The summed E-state index contributed by atoms with van der Waals surface area (Å²) in [7, 11) is 0. The van der Waals surface area contributed by atoms with E-state index in [1.54, 1.807) is 12.4 Å². The first-order chi connectivity index (χ1) is 6.20. The molecule has 0 radical (unpaired) electrons. The summed E-state index contributed by atoms with van der Waals surface area (Å²) in [5.74, 6) is -0.0272. The summed E-state index contributed by atoms with van der Waals surface area (Å²) < 4.78 is 2.48. The van der Waals surface area contributed by atoms with Gasteiger partial charge in [0.05, 0.1) is 0 Å². The number of carbonyl (C=O) groups is 1. The molecule has 0 saturated heterocycles. The van der Waals surface area contributed by atoms with Crippen LogP contribution in [0, 0.1) is 0 Å². The van der Waals surface area contributed by atoms with E-state index in [4.69, 9.17) is 0 Å². The van der Waals surface area contributed by atoms with Gasteiger partial charge < -0.3 is 0 Å². The second kappa shape index (κ2) is 2.96. The molecule has 2 rings (SSSR count). The van der Waals surface area contributed by atoms with Gasteiger partial charge in [-0.05, 0) is 28.1 Å². The van der Waals surface area contributed by atoms with Crippen LogP contribution in [0.4, 0.5) is 0 Å². The molecule has 2 heterocycles. The lowest BCUT2D eigenvalue weighted by atomic mass is 10.3. The van der Waals surface area contributed by atoms with Crippen molar-refractivity contribution in [1.29, 1.82) is 0 Å². The molecular weight excluding hydrogens is 232 g/mol. The van der Waals surface area contributed by atoms with Crippen LogP contribution in [0.25, 0.3) is 11.0 Å². The van der Waals surface area contributed by atoms with Crippen LogP contribution in [-0.4, -0.2) is 15.5 Å². The molecule has 0 aliphatic carbocycles. The third kappa shape index (κ3) is 1.27. The number of aromatic nitrogens is 2. The largest absolute Gasteiger partial charge is 0.274 e. The molecule has 0 fully saturated rings. The van der Waals surface area contributed by atoms with Gasteiger partial charge in [-0.2, -0.15) is 0 Å². The van der Waals surface area contributed by atoms with Crippen LogP contribution >= 0.6 is 15.9 Å². The predicted molar refractivity (Wildman–Crippen MR) is 53.7 cm³/mol. The fourth-order valence-electron chi connectivity index (χ4n) is 1.26. The lowest BCUT2D eigenvalue weighted by molar-refractivity contribution is 0.0941. The van der Waals surface area contributed by atoms with E-state index in [1.165, 1.54) is 11.5 Å². The minimum Gasteiger partial charge on any atom is -0.274 e. The van der Waals surface area contributed by atoms with E-state index in [1.807, 2.05) is 12.1 Å². The number of nitrogens with zero attached hydrogens (tertiary/aromatic N) is 2. The summed E-state index contributed by atoms with van der Waals surface area (Å²) in [5, 5.41) is 0.956. The van der Waals surface area contributed by atoms with Crippen LogP contribution in [0.5, 0.6) is 0 Å². The van der Waals surface area contributed by atoms with Crippen LogP contribution < -0.4 is 0 Å². The quantitative estimate of drug-likeness (QED) is 0.707. The molecule has 0 saturated carbocycles. The predicted octanol–water partition coefficient (Wildman–Crippen LogP) is 2.46. The highest BCUT2D eigenvalue weighted by molar-refractivity contribution is 9.10. The average Bonchev–Trinajstić information content (AvgIpc) is 2.48. The van der Waals surface area contributed by atoms with Gasteiger partial charge in [0, 0.05) is 29.2 Å². The molecule has 0 amide bonds. The fraction of sp³-hybridized carbons (Fsp3) is 0.111. The van der Waals surface area contributed by atoms with E-state index in [-0.39, 0.29) is 5.91 Å². The van der Waals surface area contributed by atoms with Gasteiger partial charge in [-0.3, -0.25) is 9.36 Å². The van der Waals surface area contributed by atoms with Gasteiger partial charge in [0.25, 0.3) is 0 Å². The monoisotopic (exact) mass is 238 g/mol. The first kappa shape index (κ1) is 8.44. The number of fused-ring (bicyclic) bond motifs is 1. The first-order valence-corrected chi connectivity index (χ1v) is 4.62. The van der Waals surface area contributed by atoms with E-state index in [2.05, 4.69) is 20.9 Å². The fourth-order valence-corrected chi connectivity index (χ4v) is 1.69. The molecule has 0 aliphatic rings. The van der Waals surface area contributed by atoms with Crippen molar-refractivity contribution in [1.82, 2.24) is 9.55 Å². The van der Waals surface area contributed by atoms with Crippen molar-refractivity contribution in [3.8, 4) is 0 Å². The van der Waals surface area contributed by atoms with Crippen LogP contribution in [0.1, 0.15) is 11.7 Å². The molecule has 13 heavy (non-hydrogen) atoms. The van der Waals surface area contributed by atoms with E-state index in [0.717, 1.165) is 9.86 Å². The number of hydrogen-bond donors (Lipinski definition) is 0. The maximum Gasteiger partial charge on any atom is 0.229 e. The topological polar surface area (TPSA) is 34.9 Å². The molecule has 2 aromatic rings. The Balaban J connectivity index is 2.83. The van der Waals surface area contributed by atoms with Gasteiger partial charge in [0.15, 0.2) is 0 Å². The van der Waals surface area contributed by atoms with E-state index >= 15 is 0 Å². The number of halogens is 1. The molecule has 0 aromatic carbocycles. The average molecular weight is 239 g/mol. The van der Waals surface area contributed by atoms with E-state index in [0.29, 0.717) is 5.65 Å². The van der Waals surface area contributed by atoms with Gasteiger partial charge in [-0.25, -0.2) is 4.98 Å². The molecule has 66 valence electrons. The van der Waals surface area contributed by atoms with Gasteiger partial charge in [0.2, 0.25) is 5.91 Å². The van der Waals surface area contributed by atoms with Gasteiger partial charge in [-0.15, -0.1) is 0 Å². The normalized spacial score (nSPS) is 10.6. The molecule has 0 atom stereocenters. The molecular formula is C9H7BrN2O. The van der Waals surface area contributed by atoms with Crippen molar-refractivity contribution in [3.05, 3.63) is 29.0 Å². The Morgan fingerprint density at radius 3 is 3.00 bits per heavy atom. The summed E-state index contributed by atoms with van der Waals surface area (Å²) >= 11 is 3.39. The Morgan fingerprint density at radius 1 is 1.54 bits per heavy atom. The van der Waals surface area contributed by atoms with E-state index in [9.17, 15) is 4.79 Å². The lowest BCUT2D eigenvalue weighted by Crippen LogP contribution is -2.03. The third-order valence-corrected chi connectivity index (χ3v) is 2.57. The van der Waals surface area contributed by atoms with Crippen LogP contribution in [-0.2, 0) is 0 Å². The van der Waals surface area contributed by atoms with Crippen LogP contribution in [0.2, 0.25) is 0 Å². The molecule has 0 bridgehead atoms. The van der Waals surface area contributed by atoms with Crippen molar-refractivity contribution < 1.29 is 4.79 Å². The molecule has 3 nitrogen and oxygen atoms in total. The Labute approximate surface area is 83.5 Å². The standard InChI is InChI=1S/C9H7BrN2O/c1-6(13)12-5-3-7-8(10)2-4-11-9(7)12/h2-5H,1H3. The molecule has 0 N–H and O–H groups in total. The van der Waals surface area contributed by atoms with Crippen molar-refractivity contribution >= 4 is 32.9 Å². The number of carbonyl (C=O) groups excluding carboxylic acids is 1. The Morgan fingerprint density at radius 2 is 2.31 bits per heavy atom. The van der Waals surface area contributed by atoms with Gasteiger partial charge >= 0.3 is 0 Å². The minimum absolute atomic E-state index is 0.0272. The number of rotatable bonds is 0. The van der Waals surface area contributed by atoms with Crippen molar-refractivity contribution in [2.75, 3.05) is 0 Å². The third-order valence-electron chi connectivity index (χ3n) is 1.87. The van der Waals surface area contributed by atoms with Crippen molar-refractivity contribution in [3.63, 3.8) is 0 Å². The Kier molecular flexibility index (Phi) is 1.92. The smallest absolute Gasteiger partial charge is 0.229 e. The zero-order valence-electron chi connectivity index (χ0n) is 6.99. The highest BCUT2D eigenvalue weighted by Crippen LogP contribution is 2.22. The Bertz CT molecular complexity index is 475. The highest BCUT2D eigenvalue weighted by Gasteiger charge is 2.06. The molecule has 0 aliphatic heterocycles. The van der Waals surface area contributed by atoms with E-state index < -0.39 is 0 Å². The zero-order valence-corrected chi connectivity index (χ0v) is 8.58. The summed E-state index contributed by atoms with van der Waals surface area (Å²) in [6, 6.07) is 3.72. The summed E-state index contributed by atoms with van der Waals surface area (Å²) in [6.45, 7) is 1.52. The molecule has 2 aromatic heterocycles. The first-order valence-electron chi connectivity index (χ1n) is 3.82. The molecule has 0 spiro atoms. The lowest BCUT2D eigenvalue weighted by Gasteiger charge is -1.97. The number of hydrogen-bond acceptors (Lipinski definition) is 2. The summed E-state index contributed by atoms with van der Waals surface area (Å²) in [6.07, 6.45) is 3.40. The highest BCUT2D eigenvalue weighted by atomic mass is 79.9. The van der Waals surface area contributed by atoms with Crippen LogP contribution in [0.3, 0.4) is 0 Å². The van der Waals surface area contributed by atoms with Crippen molar-refractivity contribution in [2.24, 2.45) is 0 Å².